The first-order chi connectivity index (χ1) is 13.2. The zero-order chi connectivity index (χ0) is 18.8. The van der Waals surface area contributed by atoms with Crippen molar-refractivity contribution in [2.75, 3.05) is 7.11 Å². The molecule has 1 aliphatic rings. The SMILES string of the molecule is CCn1c(-c2ccco2)nn(CN(Cc2ccc(OC)cc2)C2CC2)c1=S. The highest BCUT2D eigenvalue weighted by molar-refractivity contribution is 7.71. The van der Waals surface area contributed by atoms with E-state index in [0.717, 1.165) is 35.2 Å². The fourth-order valence-corrected chi connectivity index (χ4v) is 3.59. The molecule has 0 N–H and O–H groups in total. The summed E-state index contributed by atoms with van der Waals surface area (Å²) in [6, 6.07) is 12.6. The maximum Gasteiger partial charge on any atom is 0.199 e. The minimum absolute atomic E-state index is 0.591. The summed E-state index contributed by atoms with van der Waals surface area (Å²) < 4.78 is 15.5. The number of nitrogens with zero attached hydrogens (tertiary/aromatic N) is 4. The van der Waals surface area contributed by atoms with E-state index in [0.29, 0.717) is 12.7 Å². The van der Waals surface area contributed by atoms with Crippen molar-refractivity contribution in [1.82, 2.24) is 19.2 Å². The van der Waals surface area contributed by atoms with Crippen LogP contribution < -0.4 is 4.74 Å². The molecule has 0 atom stereocenters. The molecule has 1 aromatic carbocycles. The maximum atomic E-state index is 5.69. The lowest BCUT2D eigenvalue weighted by Gasteiger charge is -2.22. The number of hydrogen-bond acceptors (Lipinski definition) is 5. The Labute approximate surface area is 164 Å². The number of aromatic nitrogens is 3. The van der Waals surface area contributed by atoms with Crippen LogP contribution in [-0.2, 0) is 19.8 Å². The van der Waals surface area contributed by atoms with E-state index in [2.05, 4.69) is 24.0 Å². The quantitative estimate of drug-likeness (QED) is 0.541. The van der Waals surface area contributed by atoms with Crippen LogP contribution in [0, 0.1) is 4.77 Å². The van der Waals surface area contributed by atoms with Gasteiger partial charge in [0.15, 0.2) is 16.4 Å². The van der Waals surface area contributed by atoms with Crippen molar-refractivity contribution in [3.63, 3.8) is 0 Å². The number of methoxy groups -OCH3 is 1. The summed E-state index contributed by atoms with van der Waals surface area (Å²) in [5, 5.41) is 4.76. The number of ether oxygens (including phenoxy) is 1. The second-order valence-corrected chi connectivity index (χ2v) is 7.16. The first-order valence-electron chi connectivity index (χ1n) is 9.28. The van der Waals surface area contributed by atoms with Crippen LogP contribution in [0.15, 0.2) is 47.1 Å². The normalized spacial score (nSPS) is 14.0. The van der Waals surface area contributed by atoms with E-state index in [1.165, 1.54) is 18.4 Å². The Balaban J connectivity index is 1.58. The molecule has 0 spiro atoms. The van der Waals surface area contributed by atoms with E-state index in [9.17, 15) is 0 Å². The molecule has 1 aliphatic carbocycles. The van der Waals surface area contributed by atoms with Crippen LogP contribution in [0.1, 0.15) is 25.3 Å². The lowest BCUT2D eigenvalue weighted by Crippen LogP contribution is -2.29. The number of furan rings is 1. The summed E-state index contributed by atoms with van der Waals surface area (Å²) >= 11 is 5.69. The Morgan fingerprint density at radius 3 is 2.63 bits per heavy atom. The maximum absolute atomic E-state index is 5.69. The summed E-state index contributed by atoms with van der Waals surface area (Å²) in [4.78, 5) is 2.44. The zero-order valence-corrected chi connectivity index (χ0v) is 16.5. The van der Waals surface area contributed by atoms with Gasteiger partial charge in [-0.1, -0.05) is 12.1 Å². The Kier molecular flexibility index (Phi) is 5.13. The Morgan fingerprint density at radius 2 is 2.04 bits per heavy atom. The molecule has 27 heavy (non-hydrogen) atoms. The van der Waals surface area contributed by atoms with Crippen LogP contribution in [-0.4, -0.2) is 32.4 Å². The van der Waals surface area contributed by atoms with Crippen LogP contribution in [0.3, 0.4) is 0 Å². The first-order valence-corrected chi connectivity index (χ1v) is 9.69. The molecule has 0 aliphatic heterocycles. The van der Waals surface area contributed by atoms with Gasteiger partial charge in [-0.25, -0.2) is 4.68 Å². The van der Waals surface area contributed by atoms with Gasteiger partial charge in [0, 0.05) is 19.1 Å². The van der Waals surface area contributed by atoms with Crippen LogP contribution in [0.25, 0.3) is 11.6 Å². The third kappa shape index (κ3) is 3.84. The van der Waals surface area contributed by atoms with Gasteiger partial charge in [-0.05, 0) is 61.8 Å². The van der Waals surface area contributed by atoms with Gasteiger partial charge >= 0.3 is 0 Å². The number of hydrogen-bond donors (Lipinski definition) is 0. The molecule has 3 aromatic rings. The molecule has 0 amide bonds. The highest BCUT2D eigenvalue weighted by atomic mass is 32.1. The van der Waals surface area contributed by atoms with Crippen molar-refractivity contribution in [1.29, 1.82) is 0 Å². The van der Waals surface area contributed by atoms with E-state index < -0.39 is 0 Å². The van der Waals surface area contributed by atoms with Gasteiger partial charge in [0.05, 0.1) is 20.0 Å². The molecule has 142 valence electrons. The molecule has 2 aromatic heterocycles. The van der Waals surface area contributed by atoms with E-state index in [4.69, 9.17) is 26.5 Å². The van der Waals surface area contributed by atoms with Crippen molar-refractivity contribution < 1.29 is 9.15 Å². The van der Waals surface area contributed by atoms with Gasteiger partial charge in [-0.15, -0.1) is 5.10 Å². The molecule has 1 saturated carbocycles. The summed E-state index contributed by atoms with van der Waals surface area (Å²) in [6.45, 7) is 4.38. The smallest absolute Gasteiger partial charge is 0.199 e. The second-order valence-electron chi connectivity index (χ2n) is 6.79. The summed E-state index contributed by atoms with van der Waals surface area (Å²) in [5.74, 6) is 2.41. The molecule has 0 radical (unpaired) electrons. The Morgan fingerprint density at radius 1 is 1.26 bits per heavy atom. The highest BCUT2D eigenvalue weighted by Gasteiger charge is 2.30. The average molecular weight is 385 g/mol. The summed E-state index contributed by atoms with van der Waals surface area (Å²) in [6.07, 6.45) is 4.11. The number of benzene rings is 1. The third-order valence-corrected chi connectivity index (χ3v) is 5.34. The molecule has 0 unspecified atom stereocenters. The predicted molar refractivity (Wildman–Crippen MR) is 106 cm³/mol. The molecule has 4 rings (SSSR count). The van der Waals surface area contributed by atoms with Gasteiger partial charge in [0.1, 0.15) is 5.75 Å². The van der Waals surface area contributed by atoms with Gasteiger partial charge in [0.2, 0.25) is 0 Å². The largest absolute Gasteiger partial charge is 0.497 e. The average Bonchev–Trinajstić information content (AvgIpc) is 3.30. The lowest BCUT2D eigenvalue weighted by molar-refractivity contribution is 0.186. The highest BCUT2D eigenvalue weighted by Crippen LogP contribution is 2.29. The van der Waals surface area contributed by atoms with E-state index in [1.807, 2.05) is 33.5 Å². The van der Waals surface area contributed by atoms with E-state index in [1.54, 1.807) is 13.4 Å². The minimum Gasteiger partial charge on any atom is -0.497 e. The molecular formula is C20H24N4O2S. The van der Waals surface area contributed by atoms with Gasteiger partial charge in [-0.2, -0.15) is 0 Å². The topological polar surface area (TPSA) is 48.4 Å². The molecule has 7 heteroatoms. The molecule has 0 bridgehead atoms. The van der Waals surface area contributed by atoms with E-state index >= 15 is 0 Å². The monoisotopic (exact) mass is 384 g/mol. The van der Waals surface area contributed by atoms with Crippen molar-refractivity contribution >= 4 is 12.2 Å². The van der Waals surface area contributed by atoms with Crippen LogP contribution in [0.5, 0.6) is 5.75 Å². The van der Waals surface area contributed by atoms with Crippen molar-refractivity contribution in [2.24, 2.45) is 0 Å². The summed E-state index contributed by atoms with van der Waals surface area (Å²) in [5.41, 5.74) is 1.26. The molecule has 6 nitrogen and oxygen atoms in total. The number of rotatable bonds is 8. The summed E-state index contributed by atoms with van der Waals surface area (Å²) in [7, 11) is 1.69. The van der Waals surface area contributed by atoms with Crippen molar-refractivity contribution in [2.45, 2.75) is 45.6 Å². The van der Waals surface area contributed by atoms with E-state index in [-0.39, 0.29) is 0 Å². The van der Waals surface area contributed by atoms with Gasteiger partial charge in [-0.3, -0.25) is 9.47 Å². The van der Waals surface area contributed by atoms with Crippen LogP contribution >= 0.6 is 12.2 Å². The Bertz CT molecular complexity index is 940. The lowest BCUT2D eigenvalue weighted by atomic mass is 10.2. The van der Waals surface area contributed by atoms with Crippen LogP contribution in [0.2, 0.25) is 0 Å². The third-order valence-electron chi connectivity index (χ3n) is 4.90. The first kappa shape index (κ1) is 18.0. The van der Waals surface area contributed by atoms with Crippen LogP contribution in [0.4, 0.5) is 0 Å². The molecule has 2 heterocycles. The molecular weight excluding hydrogens is 360 g/mol. The Hall–Kier alpha value is -2.38. The predicted octanol–water partition coefficient (Wildman–Crippen LogP) is 4.32. The molecule has 0 saturated heterocycles. The van der Waals surface area contributed by atoms with Gasteiger partial charge < -0.3 is 9.15 Å². The van der Waals surface area contributed by atoms with Crippen molar-refractivity contribution in [3.8, 4) is 17.3 Å². The van der Waals surface area contributed by atoms with Gasteiger partial charge in [0.25, 0.3) is 0 Å². The van der Waals surface area contributed by atoms with Crippen molar-refractivity contribution in [3.05, 3.63) is 53.0 Å². The minimum atomic E-state index is 0.591. The zero-order valence-electron chi connectivity index (χ0n) is 15.7. The fraction of sp³-hybridized carbons (Fsp3) is 0.400. The second kappa shape index (κ2) is 7.70. The molecule has 1 fully saturated rings. The fourth-order valence-electron chi connectivity index (χ4n) is 3.28. The standard InChI is InChI=1S/C20H24N4O2S/c1-3-23-19(18-5-4-12-26-18)21-24(20(23)27)14-22(16-8-9-16)13-15-6-10-17(25-2)11-7-15/h4-7,10-12,16H,3,8-9,13-14H2,1-2H3.